The van der Waals surface area contributed by atoms with E-state index >= 15 is 0 Å². The molecule has 0 N–H and O–H groups in total. The van der Waals surface area contributed by atoms with Crippen LogP contribution in [0.25, 0.3) is 0 Å². The Hall–Kier alpha value is -0.960. The molecule has 12 heavy (non-hydrogen) atoms. The Morgan fingerprint density at radius 3 is 3.00 bits per heavy atom. The molecule has 1 rings (SSSR count). The molecule has 0 bridgehead atoms. The topological polar surface area (TPSA) is 35.0 Å². The molecular weight excluding hydrogens is 152 g/mol. The average Bonchev–Trinajstić information content (AvgIpc) is 2.14. The highest BCUT2D eigenvalue weighted by atomic mass is 16.5. The van der Waals surface area contributed by atoms with Crippen LogP contribution in [-0.4, -0.2) is 16.6 Å². The predicted octanol–water partition coefficient (Wildman–Crippen LogP) is 1.79. The van der Waals surface area contributed by atoms with E-state index in [0.717, 1.165) is 18.7 Å². The first-order valence-electron chi connectivity index (χ1n) is 4.26. The Kier molecular flexibility index (Phi) is 4.31. The third kappa shape index (κ3) is 3.44. The van der Waals surface area contributed by atoms with E-state index in [9.17, 15) is 0 Å². The lowest BCUT2D eigenvalue weighted by Gasteiger charge is -2.00. The Morgan fingerprint density at radius 2 is 2.33 bits per heavy atom. The maximum Gasteiger partial charge on any atom is 0.0903 e. The SMILES string of the molecule is CCCCOCc1cnccn1. The summed E-state index contributed by atoms with van der Waals surface area (Å²) in [5.74, 6) is 0. The van der Waals surface area contributed by atoms with E-state index in [1.54, 1.807) is 18.6 Å². The Bertz CT molecular complexity index is 201. The first-order chi connectivity index (χ1) is 5.93. The predicted molar refractivity (Wildman–Crippen MR) is 46.6 cm³/mol. The van der Waals surface area contributed by atoms with Gasteiger partial charge in [-0.2, -0.15) is 0 Å². The van der Waals surface area contributed by atoms with Crippen molar-refractivity contribution in [3.8, 4) is 0 Å². The molecule has 0 saturated carbocycles. The van der Waals surface area contributed by atoms with Crippen molar-refractivity contribution in [1.29, 1.82) is 0 Å². The van der Waals surface area contributed by atoms with Crippen LogP contribution in [0.2, 0.25) is 0 Å². The summed E-state index contributed by atoms with van der Waals surface area (Å²) in [7, 11) is 0. The zero-order chi connectivity index (χ0) is 8.65. The number of aromatic nitrogens is 2. The highest BCUT2D eigenvalue weighted by molar-refractivity contribution is 4.91. The van der Waals surface area contributed by atoms with Crippen LogP contribution in [0, 0.1) is 0 Å². The van der Waals surface area contributed by atoms with Crippen LogP contribution in [0.15, 0.2) is 18.6 Å². The van der Waals surface area contributed by atoms with Gasteiger partial charge in [0.05, 0.1) is 18.5 Å². The zero-order valence-electron chi connectivity index (χ0n) is 7.36. The summed E-state index contributed by atoms with van der Waals surface area (Å²) in [6.07, 6.45) is 7.35. The second-order valence-corrected chi connectivity index (χ2v) is 2.60. The van der Waals surface area contributed by atoms with Crippen LogP contribution < -0.4 is 0 Å². The summed E-state index contributed by atoms with van der Waals surface area (Å²) in [6, 6.07) is 0. The van der Waals surface area contributed by atoms with Gasteiger partial charge in [0.25, 0.3) is 0 Å². The molecule has 0 aromatic carbocycles. The molecule has 0 aliphatic carbocycles. The van der Waals surface area contributed by atoms with Gasteiger partial charge in [0, 0.05) is 19.0 Å². The fourth-order valence-corrected chi connectivity index (χ4v) is 0.828. The smallest absolute Gasteiger partial charge is 0.0903 e. The van der Waals surface area contributed by atoms with E-state index in [1.807, 2.05) is 0 Å². The van der Waals surface area contributed by atoms with Gasteiger partial charge in [-0.05, 0) is 6.42 Å². The van der Waals surface area contributed by atoms with E-state index in [-0.39, 0.29) is 0 Å². The van der Waals surface area contributed by atoms with Crippen molar-refractivity contribution in [2.24, 2.45) is 0 Å². The standard InChI is InChI=1S/C9H14N2O/c1-2-3-6-12-8-9-7-10-4-5-11-9/h4-5,7H,2-3,6,8H2,1H3. The van der Waals surface area contributed by atoms with E-state index in [4.69, 9.17) is 4.74 Å². The summed E-state index contributed by atoms with van der Waals surface area (Å²) in [5.41, 5.74) is 0.897. The van der Waals surface area contributed by atoms with Gasteiger partial charge in [-0.3, -0.25) is 9.97 Å². The molecule has 1 heterocycles. The normalized spacial score (nSPS) is 10.1. The van der Waals surface area contributed by atoms with Crippen LogP contribution in [0.4, 0.5) is 0 Å². The number of hydrogen-bond acceptors (Lipinski definition) is 3. The number of nitrogens with zero attached hydrogens (tertiary/aromatic N) is 2. The molecule has 0 atom stereocenters. The van der Waals surface area contributed by atoms with Crippen molar-refractivity contribution in [1.82, 2.24) is 9.97 Å². The van der Waals surface area contributed by atoms with E-state index in [0.29, 0.717) is 6.61 Å². The van der Waals surface area contributed by atoms with Crippen LogP contribution in [0.1, 0.15) is 25.5 Å². The summed E-state index contributed by atoms with van der Waals surface area (Å²) < 4.78 is 5.36. The Labute approximate surface area is 72.8 Å². The molecule has 0 aliphatic heterocycles. The van der Waals surface area contributed by atoms with E-state index < -0.39 is 0 Å². The third-order valence-corrected chi connectivity index (χ3v) is 1.51. The molecule has 1 aromatic rings. The first kappa shape index (κ1) is 9.13. The minimum Gasteiger partial charge on any atom is -0.375 e. The van der Waals surface area contributed by atoms with Gasteiger partial charge in [0.2, 0.25) is 0 Å². The van der Waals surface area contributed by atoms with Crippen LogP contribution >= 0.6 is 0 Å². The number of unbranched alkanes of at least 4 members (excludes halogenated alkanes) is 1. The van der Waals surface area contributed by atoms with Crippen molar-refractivity contribution in [3.05, 3.63) is 24.3 Å². The highest BCUT2D eigenvalue weighted by Gasteiger charge is 1.92. The first-order valence-corrected chi connectivity index (χ1v) is 4.26. The van der Waals surface area contributed by atoms with Gasteiger partial charge < -0.3 is 4.74 Å². The molecule has 0 amide bonds. The lowest BCUT2D eigenvalue weighted by molar-refractivity contribution is 0.115. The lowest BCUT2D eigenvalue weighted by Crippen LogP contribution is -1.97. The van der Waals surface area contributed by atoms with Gasteiger partial charge in [0.15, 0.2) is 0 Å². The van der Waals surface area contributed by atoms with Crippen molar-refractivity contribution in [2.75, 3.05) is 6.61 Å². The van der Waals surface area contributed by atoms with Gasteiger partial charge in [-0.15, -0.1) is 0 Å². The molecular formula is C9H14N2O. The minimum absolute atomic E-state index is 0.577. The molecule has 0 spiro atoms. The molecule has 0 aliphatic rings. The van der Waals surface area contributed by atoms with Crippen molar-refractivity contribution in [3.63, 3.8) is 0 Å². The molecule has 3 heteroatoms. The van der Waals surface area contributed by atoms with Crippen LogP contribution in [-0.2, 0) is 11.3 Å². The summed E-state index contributed by atoms with van der Waals surface area (Å²) >= 11 is 0. The minimum atomic E-state index is 0.577. The van der Waals surface area contributed by atoms with Crippen molar-refractivity contribution >= 4 is 0 Å². The second-order valence-electron chi connectivity index (χ2n) is 2.60. The van der Waals surface area contributed by atoms with Gasteiger partial charge in [0.1, 0.15) is 0 Å². The maximum atomic E-state index is 5.36. The fourth-order valence-electron chi connectivity index (χ4n) is 0.828. The van der Waals surface area contributed by atoms with Crippen LogP contribution in [0.3, 0.4) is 0 Å². The Balaban J connectivity index is 2.16. The molecule has 0 fully saturated rings. The second kappa shape index (κ2) is 5.66. The Morgan fingerprint density at radius 1 is 1.42 bits per heavy atom. The highest BCUT2D eigenvalue weighted by Crippen LogP contribution is 1.95. The molecule has 66 valence electrons. The van der Waals surface area contributed by atoms with Crippen molar-refractivity contribution in [2.45, 2.75) is 26.4 Å². The average molecular weight is 166 g/mol. The molecule has 1 aromatic heterocycles. The van der Waals surface area contributed by atoms with Gasteiger partial charge in [-0.25, -0.2) is 0 Å². The van der Waals surface area contributed by atoms with E-state index in [1.165, 1.54) is 6.42 Å². The van der Waals surface area contributed by atoms with Gasteiger partial charge >= 0.3 is 0 Å². The zero-order valence-corrected chi connectivity index (χ0v) is 7.36. The number of ether oxygens (including phenoxy) is 1. The third-order valence-electron chi connectivity index (χ3n) is 1.51. The lowest BCUT2D eigenvalue weighted by atomic mass is 10.4. The maximum absolute atomic E-state index is 5.36. The largest absolute Gasteiger partial charge is 0.375 e. The molecule has 3 nitrogen and oxygen atoms in total. The summed E-state index contributed by atoms with van der Waals surface area (Å²) in [5, 5.41) is 0. The molecule has 0 saturated heterocycles. The molecule has 0 radical (unpaired) electrons. The van der Waals surface area contributed by atoms with Crippen molar-refractivity contribution < 1.29 is 4.74 Å². The summed E-state index contributed by atoms with van der Waals surface area (Å²) in [4.78, 5) is 8.03. The van der Waals surface area contributed by atoms with Gasteiger partial charge in [-0.1, -0.05) is 13.3 Å². The van der Waals surface area contributed by atoms with E-state index in [2.05, 4.69) is 16.9 Å². The fraction of sp³-hybridized carbons (Fsp3) is 0.556. The van der Waals surface area contributed by atoms with Crippen LogP contribution in [0.5, 0.6) is 0 Å². The summed E-state index contributed by atoms with van der Waals surface area (Å²) in [6.45, 7) is 3.53. The number of rotatable bonds is 5. The number of hydrogen-bond donors (Lipinski definition) is 0. The quantitative estimate of drug-likeness (QED) is 0.625. The monoisotopic (exact) mass is 166 g/mol. The molecule has 0 unspecified atom stereocenters.